The van der Waals surface area contributed by atoms with E-state index >= 15 is 0 Å². The number of aryl methyl sites for hydroxylation is 1. The summed E-state index contributed by atoms with van der Waals surface area (Å²) >= 11 is 0. The van der Waals surface area contributed by atoms with Gasteiger partial charge in [-0.15, -0.1) is 0 Å². The Bertz CT molecular complexity index is 1120. The highest BCUT2D eigenvalue weighted by Crippen LogP contribution is 2.35. The fraction of sp³-hybridized carbons (Fsp3) is 0.400. The van der Waals surface area contributed by atoms with Gasteiger partial charge in [0.1, 0.15) is 0 Å². The molecular weight excluding hydrogens is 420 g/mol. The Labute approximate surface area is 193 Å². The number of nitro benzene ring substituents is 1. The molecule has 174 valence electrons. The SMILES string of the molecule is CCc1cccc2c(C(CC(=O)NCCN3CCOCC3)c3cccc([N+](=O)[O-])c3)c[nH]c12. The van der Waals surface area contributed by atoms with Crippen LogP contribution in [0.5, 0.6) is 0 Å². The summed E-state index contributed by atoms with van der Waals surface area (Å²) in [6.45, 7) is 6.65. The Morgan fingerprint density at radius 3 is 2.79 bits per heavy atom. The summed E-state index contributed by atoms with van der Waals surface area (Å²) in [5, 5.41) is 15.5. The average molecular weight is 451 g/mol. The Morgan fingerprint density at radius 1 is 1.24 bits per heavy atom. The quantitative estimate of drug-likeness (QED) is 0.383. The van der Waals surface area contributed by atoms with Gasteiger partial charge in [-0.3, -0.25) is 19.8 Å². The van der Waals surface area contributed by atoms with Gasteiger partial charge in [0.2, 0.25) is 5.91 Å². The van der Waals surface area contributed by atoms with Crippen LogP contribution in [0, 0.1) is 10.1 Å². The van der Waals surface area contributed by atoms with E-state index in [1.54, 1.807) is 12.1 Å². The molecule has 33 heavy (non-hydrogen) atoms. The molecule has 8 heteroatoms. The van der Waals surface area contributed by atoms with Crippen molar-refractivity contribution in [3.8, 4) is 0 Å². The molecule has 0 spiro atoms. The van der Waals surface area contributed by atoms with Crippen LogP contribution in [0.1, 0.15) is 36.0 Å². The maximum absolute atomic E-state index is 12.9. The number of hydrogen-bond donors (Lipinski definition) is 2. The van der Waals surface area contributed by atoms with Crippen LogP contribution in [0.3, 0.4) is 0 Å². The van der Waals surface area contributed by atoms with Crippen LogP contribution in [0.2, 0.25) is 0 Å². The van der Waals surface area contributed by atoms with Crippen molar-refractivity contribution in [2.24, 2.45) is 0 Å². The monoisotopic (exact) mass is 450 g/mol. The molecule has 1 saturated heterocycles. The molecule has 0 aliphatic carbocycles. The van der Waals surface area contributed by atoms with Crippen LogP contribution < -0.4 is 5.32 Å². The molecule has 0 saturated carbocycles. The summed E-state index contributed by atoms with van der Waals surface area (Å²) in [6, 6.07) is 12.8. The van der Waals surface area contributed by atoms with E-state index in [0.717, 1.165) is 61.3 Å². The molecule has 1 aromatic heterocycles. The lowest BCUT2D eigenvalue weighted by Crippen LogP contribution is -2.41. The largest absolute Gasteiger partial charge is 0.379 e. The zero-order chi connectivity index (χ0) is 23.2. The number of nitrogens with zero attached hydrogens (tertiary/aromatic N) is 2. The molecule has 8 nitrogen and oxygen atoms in total. The first-order chi connectivity index (χ1) is 16.1. The molecule has 1 fully saturated rings. The van der Waals surface area contributed by atoms with Gasteiger partial charge in [-0.25, -0.2) is 0 Å². The topological polar surface area (TPSA) is 100 Å². The highest BCUT2D eigenvalue weighted by Gasteiger charge is 2.24. The molecule has 1 unspecified atom stereocenters. The number of non-ortho nitro benzene ring substituents is 1. The lowest BCUT2D eigenvalue weighted by Gasteiger charge is -2.26. The van der Waals surface area contributed by atoms with Crippen LogP contribution >= 0.6 is 0 Å². The van der Waals surface area contributed by atoms with Crippen molar-refractivity contribution in [2.75, 3.05) is 39.4 Å². The van der Waals surface area contributed by atoms with Crippen molar-refractivity contribution in [1.82, 2.24) is 15.2 Å². The third-order valence-electron chi connectivity index (χ3n) is 6.32. The van der Waals surface area contributed by atoms with Crippen LogP contribution in [0.15, 0.2) is 48.7 Å². The van der Waals surface area contributed by atoms with E-state index in [4.69, 9.17) is 4.74 Å². The number of para-hydroxylation sites is 1. The minimum atomic E-state index is -0.395. The number of hydrogen-bond acceptors (Lipinski definition) is 5. The Hall–Kier alpha value is -3.23. The second-order valence-electron chi connectivity index (χ2n) is 8.35. The summed E-state index contributed by atoms with van der Waals surface area (Å²) in [7, 11) is 0. The molecule has 1 atom stereocenters. The molecule has 1 amide bonds. The van der Waals surface area contributed by atoms with Crippen molar-refractivity contribution in [3.05, 3.63) is 75.5 Å². The number of carbonyl (C=O) groups is 1. The van der Waals surface area contributed by atoms with E-state index in [-0.39, 0.29) is 23.9 Å². The van der Waals surface area contributed by atoms with Crippen molar-refractivity contribution < 1.29 is 14.5 Å². The number of fused-ring (bicyclic) bond motifs is 1. The van der Waals surface area contributed by atoms with Crippen molar-refractivity contribution >= 4 is 22.5 Å². The molecule has 1 aliphatic rings. The number of rotatable bonds is 9. The van der Waals surface area contributed by atoms with Crippen LogP contribution in [-0.2, 0) is 16.0 Å². The molecular formula is C25H30N4O4. The van der Waals surface area contributed by atoms with Gasteiger partial charge in [-0.2, -0.15) is 0 Å². The van der Waals surface area contributed by atoms with Gasteiger partial charge < -0.3 is 15.0 Å². The second kappa shape index (κ2) is 10.6. The maximum atomic E-state index is 12.9. The lowest BCUT2D eigenvalue weighted by molar-refractivity contribution is -0.384. The number of morpholine rings is 1. The van der Waals surface area contributed by atoms with E-state index in [1.807, 2.05) is 24.4 Å². The van der Waals surface area contributed by atoms with E-state index in [9.17, 15) is 14.9 Å². The first-order valence-corrected chi connectivity index (χ1v) is 11.5. The number of carbonyl (C=O) groups excluding carboxylic acids is 1. The predicted octanol–water partition coefficient (Wildman–Crippen LogP) is 3.61. The van der Waals surface area contributed by atoms with E-state index in [0.29, 0.717) is 6.54 Å². The number of H-pyrrole nitrogens is 1. The first-order valence-electron chi connectivity index (χ1n) is 11.5. The Morgan fingerprint density at radius 2 is 2.03 bits per heavy atom. The number of amides is 1. The number of nitrogens with one attached hydrogen (secondary N) is 2. The Kier molecular flexibility index (Phi) is 7.36. The van der Waals surface area contributed by atoms with Crippen LogP contribution in [0.4, 0.5) is 5.69 Å². The standard InChI is InChI=1S/C25H30N4O4/c1-2-18-5-4-8-21-23(17-27-25(18)21)22(19-6-3-7-20(15-19)29(31)32)16-24(30)26-9-10-28-11-13-33-14-12-28/h3-8,15,17,22,27H,2,9-14,16H2,1H3,(H,26,30). The first kappa shape index (κ1) is 22.9. The minimum Gasteiger partial charge on any atom is -0.379 e. The maximum Gasteiger partial charge on any atom is 0.269 e. The van der Waals surface area contributed by atoms with Crippen molar-refractivity contribution in [2.45, 2.75) is 25.7 Å². The van der Waals surface area contributed by atoms with E-state index < -0.39 is 4.92 Å². The van der Waals surface area contributed by atoms with Gasteiger partial charge in [0.05, 0.1) is 18.1 Å². The number of nitro groups is 1. The molecule has 3 aromatic rings. The zero-order valence-corrected chi connectivity index (χ0v) is 18.9. The van der Waals surface area contributed by atoms with E-state index in [2.05, 4.69) is 28.2 Å². The third kappa shape index (κ3) is 5.40. The van der Waals surface area contributed by atoms with Crippen molar-refractivity contribution in [3.63, 3.8) is 0 Å². The number of aromatic amines is 1. The number of ether oxygens (including phenoxy) is 1. The fourth-order valence-corrected chi connectivity index (χ4v) is 4.52. The van der Waals surface area contributed by atoms with Gasteiger partial charge in [-0.05, 0) is 23.1 Å². The zero-order valence-electron chi connectivity index (χ0n) is 18.9. The average Bonchev–Trinajstić information content (AvgIpc) is 3.27. The molecule has 1 aliphatic heterocycles. The third-order valence-corrected chi connectivity index (χ3v) is 6.32. The molecule has 2 N–H and O–H groups in total. The summed E-state index contributed by atoms with van der Waals surface area (Å²) in [6.07, 6.45) is 3.04. The predicted molar refractivity (Wildman–Crippen MR) is 128 cm³/mol. The van der Waals surface area contributed by atoms with Crippen LogP contribution in [-0.4, -0.2) is 60.1 Å². The summed E-state index contributed by atoms with van der Waals surface area (Å²) in [5.41, 5.74) is 4.02. The molecule has 4 rings (SSSR count). The van der Waals surface area contributed by atoms with Gasteiger partial charge in [0.25, 0.3) is 5.69 Å². The normalized spacial score (nSPS) is 15.4. The smallest absolute Gasteiger partial charge is 0.269 e. The highest BCUT2D eigenvalue weighted by atomic mass is 16.6. The molecule has 0 bridgehead atoms. The number of aromatic nitrogens is 1. The minimum absolute atomic E-state index is 0.0271. The molecule has 2 heterocycles. The lowest BCUT2D eigenvalue weighted by atomic mass is 9.87. The summed E-state index contributed by atoms with van der Waals surface area (Å²) < 4.78 is 5.37. The fourth-order valence-electron chi connectivity index (χ4n) is 4.52. The number of benzene rings is 2. The van der Waals surface area contributed by atoms with Gasteiger partial charge in [0.15, 0.2) is 0 Å². The van der Waals surface area contributed by atoms with Crippen molar-refractivity contribution in [1.29, 1.82) is 0 Å². The highest BCUT2D eigenvalue weighted by molar-refractivity contribution is 5.88. The second-order valence-corrected chi connectivity index (χ2v) is 8.35. The van der Waals surface area contributed by atoms with Gasteiger partial charge in [-0.1, -0.05) is 37.3 Å². The Balaban J connectivity index is 1.58. The van der Waals surface area contributed by atoms with Crippen LogP contribution in [0.25, 0.3) is 10.9 Å². The van der Waals surface area contributed by atoms with Gasteiger partial charge in [0, 0.05) is 67.8 Å². The summed E-state index contributed by atoms with van der Waals surface area (Å²) in [4.78, 5) is 29.6. The van der Waals surface area contributed by atoms with E-state index in [1.165, 1.54) is 11.6 Å². The van der Waals surface area contributed by atoms with Gasteiger partial charge >= 0.3 is 0 Å². The summed E-state index contributed by atoms with van der Waals surface area (Å²) in [5.74, 6) is -0.366. The molecule has 2 aromatic carbocycles. The molecule has 0 radical (unpaired) electrons.